The minimum atomic E-state index is -0.0741. The molecule has 3 rings (SSSR count). The summed E-state index contributed by atoms with van der Waals surface area (Å²) in [6.07, 6.45) is 0.503. The van der Waals surface area contributed by atoms with Gasteiger partial charge in [0.2, 0.25) is 5.91 Å². The summed E-state index contributed by atoms with van der Waals surface area (Å²) < 4.78 is 16.1. The first-order valence-electron chi connectivity index (χ1n) is 9.06. The molecule has 1 fully saturated rings. The Kier molecular flexibility index (Phi) is 6.19. The lowest BCUT2D eigenvalue weighted by atomic mass is 10.1. The van der Waals surface area contributed by atoms with Gasteiger partial charge >= 0.3 is 0 Å². The summed E-state index contributed by atoms with van der Waals surface area (Å²) >= 11 is 0. The minimum absolute atomic E-state index is 0.0741. The van der Waals surface area contributed by atoms with Gasteiger partial charge in [-0.25, -0.2) is 0 Å². The lowest BCUT2D eigenvalue weighted by molar-refractivity contribution is -0.115. The van der Waals surface area contributed by atoms with Crippen LogP contribution in [0.15, 0.2) is 42.5 Å². The van der Waals surface area contributed by atoms with Gasteiger partial charge in [-0.2, -0.15) is 0 Å². The van der Waals surface area contributed by atoms with E-state index in [4.69, 9.17) is 14.2 Å². The van der Waals surface area contributed by atoms with Crippen molar-refractivity contribution in [1.29, 1.82) is 0 Å². The van der Waals surface area contributed by atoms with E-state index in [0.717, 1.165) is 36.6 Å². The Morgan fingerprint density at radius 2 is 1.89 bits per heavy atom. The highest BCUT2D eigenvalue weighted by molar-refractivity contribution is 5.92. The summed E-state index contributed by atoms with van der Waals surface area (Å²) in [4.78, 5) is 14.7. The zero-order valence-corrected chi connectivity index (χ0v) is 16.0. The van der Waals surface area contributed by atoms with Crippen molar-refractivity contribution in [2.45, 2.75) is 19.4 Å². The van der Waals surface area contributed by atoms with E-state index in [1.54, 1.807) is 20.3 Å². The Balaban J connectivity index is 1.59. The Hall–Kier alpha value is -2.73. The first-order chi connectivity index (χ1) is 13.1. The van der Waals surface area contributed by atoms with Gasteiger partial charge in [0.15, 0.2) is 11.5 Å². The fraction of sp³-hybridized carbons (Fsp3) is 0.381. The van der Waals surface area contributed by atoms with Crippen molar-refractivity contribution in [1.82, 2.24) is 0 Å². The van der Waals surface area contributed by atoms with Crippen molar-refractivity contribution in [2.75, 3.05) is 44.1 Å². The molecule has 0 bridgehead atoms. The van der Waals surface area contributed by atoms with E-state index in [-0.39, 0.29) is 18.4 Å². The molecule has 0 spiro atoms. The monoisotopic (exact) mass is 370 g/mol. The van der Waals surface area contributed by atoms with E-state index >= 15 is 0 Å². The maximum absolute atomic E-state index is 12.4. The van der Waals surface area contributed by atoms with Crippen LogP contribution in [0.3, 0.4) is 0 Å². The van der Waals surface area contributed by atoms with Crippen LogP contribution in [0, 0.1) is 0 Å². The highest BCUT2D eigenvalue weighted by Gasteiger charge is 2.17. The Morgan fingerprint density at radius 1 is 1.15 bits per heavy atom. The molecule has 6 heteroatoms. The number of ether oxygens (including phenoxy) is 3. The van der Waals surface area contributed by atoms with Crippen LogP contribution in [-0.2, 0) is 16.0 Å². The molecule has 1 saturated heterocycles. The van der Waals surface area contributed by atoms with Crippen molar-refractivity contribution in [2.24, 2.45) is 0 Å². The molecule has 0 saturated carbocycles. The maximum Gasteiger partial charge on any atom is 0.228 e. The normalized spacial score (nSPS) is 16.7. The van der Waals surface area contributed by atoms with E-state index in [1.165, 1.54) is 0 Å². The van der Waals surface area contributed by atoms with Gasteiger partial charge in [-0.05, 0) is 48.9 Å². The molecule has 27 heavy (non-hydrogen) atoms. The highest BCUT2D eigenvalue weighted by Crippen LogP contribution is 2.28. The average molecular weight is 370 g/mol. The molecular formula is C21H26N2O4. The van der Waals surface area contributed by atoms with Gasteiger partial charge in [-0.1, -0.05) is 6.07 Å². The number of rotatable bonds is 6. The first kappa shape index (κ1) is 19.0. The van der Waals surface area contributed by atoms with Gasteiger partial charge in [-0.15, -0.1) is 0 Å². The lowest BCUT2D eigenvalue weighted by Crippen LogP contribution is -2.41. The number of amides is 1. The molecule has 1 heterocycles. The van der Waals surface area contributed by atoms with Gasteiger partial charge in [0.25, 0.3) is 0 Å². The van der Waals surface area contributed by atoms with Gasteiger partial charge in [0.05, 0.1) is 33.4 Å². The number of benzene rings is 2. The van der Waals surface area contributed by atoms with Crippen LogP contribution >= 0.6 is 0 Å². The van der Waals surface area contributed by atoms with E-state index in [1.807, 2.05) is 36.4 Å². The standard InChI is InChI=1S/C21H26N2O4/c1-15-14-23(10-11-27-15)18-7-5-17(6-8-18)22-21(24)13-16-4-9-19(25-2)20(12-16)26-3/h4-9,12,15H,10-11,13-14H2,1-3H3,(H,22,24). The summed E-state index contributed by atoms with van der Waals surface area (Å²) in [6.45, 7) is 4.58. The average Bonchev–Trinajstić information content (AvgIpc) is 2.68. The zero-order valence-electron chi connectivity index (χ0n) is 16.0. The lowest BCUT2D eigenvalue weighted by Gasteiger charge is -2.33. The summed E-state index contributed by atoms with van der Waals surface area (Å²) in [5, 5.41) is 2.94. The van der Waals surface area contributed by atoms with Gasteiger partial charge in [0, 0.05) is 24.5 Å². The van der Waals surface area contributed by atoms with Crippen LogP contribution in [-0.4, -0.2) is 45.9 Å². The second-order valence-electron chi connectivity index (χ2n) is 6.59. The number of hydrogen-bond acceptors (Lipinski definition) is 5. The smallest absolute Gasteiger partial charge is 0.228 e. The zero-order chi connectivity index (χ0) is 19.2. The molecule has 144 valence electrons. The van der Waals surface area contributed by atoms with Crippen LogP contribution < -0.4 is 19.7 Å². The number of morpholine rings is 1. The Bertz CT molecular complexity index is 776. The van der Waals surface area contributed by atoms with Crippen molar-refractivity contribution in [3.8, 4) is 11.5 Å². The molecular weight excluding hydrogens is 344 g/mol. The molecule has 1 aliphatic heterocycles. The summed E-state index contributed by atoms with van der Waals surface area (Å²) in [5.74, 6) is 1.19. The van der Waals surface area contributed by atoms with Gasteiger partial charge < -0.3 is 24.4 Å². The molecule has 1 amide bonds. The number of hydrogen-bond donors (Lipinski definition) is 1. The molecule has 2 aromatic carbocycles. The molecule has 0 aromatic heterocycles. The molecule has 1 aliphatic rings. The fourth-order valence-corrected chi connectivity index (χ4v) is 3.19. The molecule has 1 N–H and O–H groups in total. The SMILES string of the molecule is COc1ccc(CC(=O)Nc2ccc(N3CCOC(C)C3)cc2)cc1OC. The number of nitrogens with one attached hydrogen (secondary N) is 1. The summed E-state index contributed by atoms with van der Waals surface area (Å²) in [6, 6.07) is 13.4. The predicted molar refractivity (Wildman–Crippen MR) is 106 cm³/mol. The quantitative estimate of drug-likeness (QED) is 0.847. The molecule has 1 unspecified atom stereocenters. The van der Waals surface area contributed by atoms with Crippen LogP contribution in [0.25, 0.3) is 0 Å². The molecule has 0 radical (unpaired) electrons. The van der Waals surface area contributed by atoms with Crippen molar-refractivity contribution in [3.05, 3.63) is 48.0 Å². The van der Waals surface area contributed by atoms with Crippen molar-refractivity contribution in [3.63, 3.8) is 0 Å². The van der Waals surface area contributed by atoms with E-state index < -0.39 is 0 Å². The molecule has 2 aromatic rings. The van der Waals surface area contributed by atoms with Crippen LogP contribution in [0.1, 0.15) is 12.5 Å². The summed E-state index contributed by atoms with van der Waals surface area (Å²) in [5.41, 5.74) is 2.79. The van der Waals surface area contributed by atoms with E-state index in [9.17, 15) is 4.79 Å². The second kappa shape index (κ2) is 8.77. The number of methoxy groups -OCH3 is 2. The summed E-state index contributed by atoms with van der Waals surface area (Å²) in [7, 11) is 3.17. The fourth-order valence-electron chi connectivity index (χ4n) is 3.19. The topological polar surface area (TPSA) is 60.0 Å². The number of carbonyl (C=O) groups excluding carboxylic acids is 1. The Morgan fingerprint density at radius 3 is 2.56 bits per heavy atom. The minimum Gasteiger partial charge on any atom is -0.493 e. The van der Waals surface area contributed by atoms with Gasteiger partial charge in [0.1, 0.15) is 0 Å². The molecule has 0 aliphatic carbocycles. The number of carbonyl (C=O) groups is 1. The first-order valence-corrected chi connectivity index (χ1v) is 9.06. The highest BCUT2D eigenvalue weighted by atomic mass is 16.5. The van der Waals surface area contributed by atoms with Crippen LogP contribution in [0.4, 0.5) is 11.4 Å². The van der Waals surface area contributed by atoms with Crippen LogP contribution in [0.5, 0.6) is 11.5 Å². The maximum atomic E-state index is 12.4. The number of nitrogens with zero attached hydrogens (tertiary/aromatic N) is 1. The third kappa shape index (κ3) is 4.92. The van der Waals surface area contributed by atoms with E-state index in [0.29, 0.717) is 11.5 Å². The Labute approximate surface area is 160 Å². The largest absolute Gasteiger partial charge is 0.493 e. The van der Waals surface area contributed by atoms with Gasteiger partial charge in [-0.3, -0.25) is 4.79 Å². The third-order valence-electron chi connectivity index (χ3n) is 4.57. The van der Waals surface area contributed by atoms with Crippen molar-refractivity contribution < 1.29 is 19.0 Å². The molecule has 6 nitrogen and oxygen atoms in total. The van der Waals surface area contributed by atoms with Crippen molar-refractivity contribution >= 4 is 17.3 Å². The van der Waals surface area contributed by atoms with Crippen LogP contribution in [0.2, 0.25) is 0 Å². The third-order valence-corrected chi connectivity index (χ3v) is 4.57. The van der Waals surface area contributed by atoms with E-state index in [2.05, 4.69) is 17.1 Å². The molecule has 1 atom stereocenters. The number of anilines is 2. The second-order valence-corrected chi connectivity index (χ2v) is 6.59. The predicted octanol–water partition coefficient (Wildman–Crippen LogP) is 3.11.